The lowest BCUT2D eigenvalue weighted by Crippen LogP contribution is -2.34. The van der Waals surface area contributed by atoms with E-state index >= 15 is 0 Å². The monoisotopic (exact) mass is 349 g/mol. The van der Waals surface area contributed by atoms with Crippen LogP contribution in [0.3, 0.4) is 0 Å². The molecule has 2 aromatic carbocycles. The first-order valence-electron chi connectivity index (χ1n) is 10.2. The average Bonchev–Trinajstić information content (AvgIpc) is 3.48. The van der Waals surface area contributed by atoms with E-state index in [1.165, 1.54) is 60.9 Å². The van der Waals surface area contributed by atoms with Crippen LogP contribution in [-0.4, -0.2) is 24.8 Å². The lowest BCUT2D eigenvalue weighted by Gasteiger charge is -2.35. The van der Waals surface area contributed by atoms with Gasteiger partial charge in [-0.15, -0.1) is 0 Å². The summed E-state index contributed by atoms with van der Waals surface area (Å²) in [5.41, 5.74) is 5.77. The Hall–Kier alpha value is -1.80. The maximum absolute atomic E-state index is 9.52. The van der Waals surface area contributed by atoms with Crippen LogP contribution in [0.5, 0.6) is 0 Å². The van der Waals surface area contributed by atoms with E-state index < -0.39 is 0 Å². The van der Waals surface area contributed by atoms with E-state index in [2.05, 4.69) is 60.4 Å². The van der Waals surface area contributed by atoms with Crippen LogP contribution in [0, 0.1) is 18.3 Å². The van der Waals surface area contributed by atoms with Crippen LogP contribution in [0.15, 0.2) is 48.5 Å². The third kappa shape index (κ3) is 3.66. The Morgan fingerprint density at radius 2 is 1.73 bits per heavy atom. The summed E-state index contributed by atoms with van der Waals surface area (Å²) in [6.07, 6.45) is 7.60. The van der Waals surface area contributed by atoms with Gasteiger partial charge in [0.15, 0.2) is 0 Å². The van der Waals surface area contributed by atoms with Crippen molar-refractivity contribution in [2.45, 2.75) is 45.4 Å². The van der Waals surface area contributed by atoms with Crippen LogP contribution in [0.25, 0.3) is 11.1 Å². The van der Waals surface area contributed by atoms with Crippen molar-refractivity contribution in [2.75, 3.05) is 24.6 Å². The Morgan fingerprint density at radius 3 is 2.38 bits per heavy atom. The maximum atomic E-state index is 9.52. The third-order valence-electron chi connectivity index (χ3n) is 6.72. The predicted octanol–water partition coefficient (Wildman–Crippen LogP) is 5.43. The fourth-order valence-corrected chi connectivity index (χ4v) is 4.53. The molecule has 2 nitrogen and oxygen atoms in total. The molecule has 26 heavy (non-hydrogen) atoms. The molecule has 4 rings (SSSR count). The number of benzene rings is 2. The third-order valence-corrected chi connectivity index (χ3v) is 6.72. The van der Waals surface area contributed by atoms with E-state index in [1.807, 2.05) is 0 Å². The molecule has 0 unspecified atom stereocenters. The second-order valence-corrected chi connectivity index (χ2v) is 8.44. The van der Waals surface area contributed by atoms with E-state index in [0.29, 0.717) is 12.0 Å². The molecule has 138 valence electrons. The lowest BCUT2D eigenvalue weighted by molar-refractivity contribution is 0.190. The number of aliphatic hydroxyl groups excluding tert-OH is 1. The van der Waals surface area contributed by atoms with Crippen molar-refractivity contribution >= 4 is 5.69 Å². The molecule has 0 amide bonds. The van der Waals surface area contributed by atoms with E-state index in [4.69, 9.17) is 0 Å². The minimum absolute atomic E-state index is 0.317. The lowest BCUT2D eigenvalue weighted by atomic mass is 9.87. The zero-order valence-corrected chi connectivity index (χ0v) is 16.0. The van der Waals surface area contributed by atoms with Gasteiger partial charge in [-0.3, -0.25) is 0 Å². The van der Waals surface area contributed by atoms with Crippen molar-refractivity contribution in [3.63, 3.8) is 0 Å². The topological polar surface area (TPSA) is 23.5 Å². The molecular weight excluding hydrogens is 318 g/mol. The first-order chi connectivity index (χ1) is 12.7. The largest absolute Gasteiger partial charge is 0.396 e. The molecule has 2 aliphatic rings. The number of nitrogens with zero attached hydrogens (tertiary/aromatic N) is 1. The summed E-state index contributed by atoms with van der Waals surface area (Å²) < 4.78 is 0. The van der Waals surface area contributed by atoms with Crippen LogP contribution in [0.2, 0.25) is 0 Å². The molecule has 0 aromatic heterocycles. The summed E-state index contributed by atoms with van der Waals surface area (Å²) in [7, 11) is 0. The number of piperidine rings is 1. The first-order valence-corrected chi connectivity index (χ1v) is 10.2. The molecule has 1 saturated carbocycles. The maximum Gasteiger partial charge on any atom is 0.0487 e. The van der Waals surface area contributed by atoms with Crippen molar-refractivity contribution < 1.29 is 5.11 Å². The highest BCUT2D eigenvalue weighted by Gasteiger charge is 2.41. The second kappa shape index (κ2) is 7.44. The summed E-state index contributed by atoms with van der Waals surface area (Å²) in [4.78, 5) is 2.58. The zero-order chi connectivity index (χ0) is 18.0. The van der Waals surface area contributed by atoms with E-state index in [-0.39, 0.29) is 0 Å². The van der Waals surface area contributed by atoms with Gasteiger partial charge in [0.05, 0.1) is 0 Å². The SMILES string of the molecule is Cc1c(-c2ccccc2)cccc1N1CCC(CCC2(CO)CC2)CC1. The van der Waals surface area contributed by atoms with Crippen LogP contribution >= 0.6 is 0 Å². The summed E-state index contributed by atoms with van der Waals surface area (Å²) in [5.74, 6) is 0.841. The van der Waals surface area contributed by atoms with Crippen LogP contribution in [-0.2, 0) is 0 Å². The number of hydrogen-bond acceptors (Lipinski definition) is 2. The Labute approximate surface area is 157 Å². The molecule has 1 heterocycles. The molecule has 1 aliphatic heterocycles. The van der Waals surface area contributed by atoms with Gasteiger partial charge >= 0.3 is 0 Å². The molecule has 0 atom stereocenters. The van der Waals surface area contributed by atoms with Gasteiger partial charge in [0.1, 0.15) is 0 Å². The van der Waals surface area contributed by atoms with E-state index in [1.54, 1.807) is 0 Å². The van der Waals surface area contributed by atoms with Crippen molar-refractivity contribution in [2.24, 2.45) is 11.3 Å². The van der Waals surface area contributed by atoms with Crippen molar-refractivity contribution in [1.82, 2.24) is 0 Å². The standard InChI is InChI=1S/C24H31NO/c1-19-22(21-6-3-2-4-7-21)8-5-9-23(19)25-16-11-20(12-17-25)10-13-24(18-26)14-15-24/h2-9,20,26H,10-18H2,1H3. The van der Waals surface area contributed by atoms with Gasteiger partial charge in [-0.2, -0.15) is 0 Å². The van der Waals surface area contributed by atoms with Crippen LogP contribution in [0.4, 0.5) is 5.69 Å². The number of anilines is 1. The van der Waals surface area contributed by atoms with E-state index in [9.17, 15) is 5.11 Å². The number of hydrogen-bond donors (Lipinski definition) is 1. The Bertz CT molecular complexity index is 727. The molecule has 1 saturated heterocycles. The highest BCUT2D eigenvalue weighted by atomic mass is 16.3. The Balaban J connectivity index is 1.40. The zero-order valence-electron chi connectivity index (χ0n) is 16.0. The van der Waals surface area contributed by atoms with Gasteiger partial charge in [0, 0.05) is 25.4 Å². The molecule has 0 bridgehead atoms. The summed E-state index contributed by atoms with van der Waals surface area (Å²) in [6.45, 7) is 4.99. The van der Waals surface area contributed by atoms with Gasteiger partial charge < -0.3 is 10.0 Å². The predicted molar refractivity (Wildman–Crippen MR) is 110 cm³/mol. The minimum Gasteiger partial charge on any atom is -0.396 e. The van der Waals surface area contributed by atoms with Gasteiger partial charge in [0.2, 0.25) is 0 Å². The molecule has 1 aliphatic carbocycles. The quantitative estimate of drug-likeness (QED) is 0.751. The van der Waals surface area contributed by atoms with Gasteiger partial charge in [-0.05, 0) is 79.5 Å². The minimum atomic E-state index is 0.317. The molecular formula is C24H31NO. The normalized spacial score (nSPS) is 19.5. The average molecular weight is 350 g/mol. The van der Waals surface area contributed by atoms with Gasteiger partial charge in [-0.25, -0.2) is 0 Å². The van der Waals surface area contributed by atoms with Crippen LogP contribution < -0.4 is 4.90 Å². The number of rotatable bonds is 6. The van der Waals surface area contributed by atoms with Crippen molar-refractivity contribution in [3.8, 4) is 11.1 Å². The second-order valence-electron chi connectivity index (χ2n) is 8.44. The molecule has 2 aromatic rings. The highest BCUT2D eigenvalue weighted by molar-refractivity contribution is 5.74. The van der Waals surface area contributed by atoms with E-state index in [0.717, 1.165) is 19.0 Å². The molecule has 0 radical (unpaired) electrons. The highest BCUT2D eigenvalue weighted by Crippen LogP contribution is 2.50. The summed E-state index contributed by atoms with van der Waals surface area (Å²) in [5, 5.41) is 9.52. The molecule has 1 N–H and O–H groups in total. The molecule has 2 fully saturated rings. The van der Waals surface area contributed by atoms with Gasteiger partial charge in [-0.1, -0.05) is 42.5 Å². The number of aliphatic hydroxyl groups is 1. The summed E-state index contributed by atoms with van der Waals surface area (Å²) >= 11 is 0. The Morgan fingerprint density at radius 1 is 1.00 bits per heavy atom. The summed E-state index contributed by atoms with van der Waals surface area (Å²) in [6, 6.07) is 17.4. The fourth-order valence-electron chi connectivity index (χ4n) is 4.53. The molecule has 2 heteroatoms. The fraction of sp³-hybridized carbons (Fsp3) is 0.500. The molecule has 0 spiro atoms. The Kier molecular flexibility index (Phi) is 5.04. The van der Waals surface area contributed by atoms with Crippen LogP contribution in [0.1, 0.15) is 44.1 Å². The smallest absolute Gasteiger partial charge is 0.0487 e. The van der Waals surface area contributed by atoms with Gasteiger partial charge in [0.25, 0.3) is 0 Å². The van der Waals surface area contributed by atoms with Crippen molar-refractivity contribution in [1.29, 1.82) is 0 Å². The first kappa shape index (κ1) is 17.6. The van der Waals surface area contributed by atoms with Crippen molar-refractivity contribution in [3.05, 3.63) is 54.1 Å².